The van der Waals surface area contributed by atoms with Crippen molar-refractivity contribution in [3.05, 3.63) is 70.7 Å². The van der Waals surface area contributed by atoms with Crippen LogP contribution in [0.2, 0.25) is 5.02 Å². The van der Waals surface area contributed by atoms with Crippen LogP contribution in [0.5, 0.6) is 0 Å². The Bertz CT molecular complexity index is 793. The van der Waals surface area contributed by atoms with Crippen LogP contribution in [0.4, 0.5) is 0 Å². The summed E-state index contributed by atoms with van der Waals surface area (Å²) in [6, 6.07) is 18.9. The highest BCUT2D eigenvalue weighted by atomic mass is 35.5. The fourth-order valence-electron chi connectivity index (χ4n) is 3.74. The third-order valence-corrected chi connectivity index (χ3v) is 5.58. The predicted molar refractivity (Wildman–Crippen MR) is 121 cm³/mol. The molecule has 31 heavy (non-hydrogen) atoms. The highest BCUT2D eigenvalue weighted by Gasteiger charge is 2.26. The zero-order valence-electron chi connectivity index (χ0n) is 18.0. The Morgan fingerprint density at radius 1 is 1.03 bits per heavy atom. The van der Waals surface area contributed by atoms with Crippen molar-refractivity contribution in [1.82, 2.24) is 9.80 Å². The van der Waals surface area contributed by atoms with E-state index in [2.05, 4.69) is 46.2 Å². The summed E-state index contributed by atoms with van der Waals surface area (Å²) in [6.07, 6.45) is -0.659. The van der Waals surface area contributed by atoms with E-state index in [4.69, 9.17) is 26.2 Å². The van der Waals surface area contributed by atoms with Gasteiger partial charge in [-0.15, -0.1) is 0 Å². The number of carbonyl (C=O) groups is 1. The van der Waals surface area contributed by atoms with Gasteiger partial charge >= 0.3 is 5.97 Å². The van der Waals surface area contributed by atoms with Gasteiger partial charge in [0.05, 0.1) is 18.8 Å². The number of aliphatic hydroxyl groups excluding tert-OH is 1. The minimum atomic E-state index is -0.659. The van der Waals surface area contributed by atoms with E-state index in [-0.39, 0.29) is 19.3 Å². The molecule has 1 N–H and O–H groups in total. The number of halogens is 1. The molecular weight excluding hydrogens is 416 g/mol. The molecule has 1 aliphatic heterocycles. The molecule has 0 aromatic heterocycles. The standard InChI is InChI=1S/C24H31ClN2O4/c1-19(28)17-31-23(29)18-30-16-15-26-11-13-27(14-12-26)24(20-5-3-2-4-6-20)21-7-9-22(25)10-8-21/h2-10,19,24,28H,11-18H2,1H3/t19?,24-/m1/s1. The number of carbonyl (C=O) groups excluding carboxylic acids is 1. The Morgan fingerprint density at radius 3 is 2.32 bits per heavy atom. The molecule has 0 radical (unpaired) electrons. The maximum absolute atomic E-state index is 11.5. The normalized spacial score (nSPS) is 17.3. The predicted octanol–water partition coefficient (Wildman–Crippen LogP) is 2.99. The third kappa shape index (κ3) is 7.59. The average Bonchev–Trinajstić information content (AvgIpc) is 2.78. The Morgan fingerprint density at radius 2 is 1.68 bits per heavy atom. The number of esters is 1. The lowest BCUT2D eigenvalue weighted by Crippen LogP contribution is -2.48. The van der Waals surface area contributed by atoms with E-state index in [0.29, 0.717) is 6.61 Å². The number of ether oxygens (including phenoxy) is 2. The monoisotopic (exact) mass is 446 g/mol. The first kappa shape index (κ1) is 23.7. The Labute approximate surface area is 189 Å². The molecular formula is C24H31ClN2O4. The van der Waals surface area contributed by atoms with Crippen LogP contribution in [-0.4, -0.2) is 79.5 Å². The van der Waals surface area contributed by atoms with Crippen LogP contribution < -0.4 is 0 Å². The van der Waals surface area contributed by atoms with Gasteiger partial charge in [-0.25, -0.2) is 4.79 Å². The quantitative estimate of drug-likeness (QED) is 0.447. The van der Waals surface area contributed by atoms with Gasteiger partial charge in [-0.1, -0.05) is 54.1 Å². The molecule has 1 heterocycles. The molecule has 1 aliphatic rings. The lowest BCUT2D eigenvalue weighted by atomic mass is 9.96. The lowest BCUT2D eigenvalue weighted by Gasteiger charge is -2.39. The first-order chi connectivity index (χ1) is 15.0. The SMILES string of the molecule is CC(O)COC(=O)COCCN1CCN([C@H](c2ccccc2)c2ccc(Cl)cc2)CC1. The Hall–Kier alpha value is -1.96. The largest absolute Gasteiger partial charge is 0.461 e. The number of hydrogen-bond donors (Lipinski definition) is 1. The van der Waals surface area contributed by atoms with E-state index in [9.17, 15) is 4.79 Å². The number of rotatable bonds is 10. The second kappa shape index (κ2) is 12.2. The highest BCUT2D eigenvalue weighted by Crippen LogP contribution is 2.30. The molecule has 6 nitrogen and oxygen atoms in total. The average molecular weight is 447 g/mol. The molecule has 0 amide bonds. The van der Waals surface area contributed by atoms with Gasteiger partial charge in [0.25, 0.3) is 0 Å². The summed E-state index contributed by atoms with van der Waals surface area (Å²) >= 11 is 6.11. The van der Waals surface area contributed by atoms with Crippen molar-refractivity contribution < 1.29 is 19.4 Å². The summed E-state index contributed by atoms with van der Waals surface area (Å²) in [5.74, 6) is -0.445. The van der Waals surface area contributed by atoms with Crippen LogP contribution >= 0.6 is 11.6 Å². The maximum Gasteiger partial charge on any atom is 0.332 e. The number of nitrogens with zero attached hydrogens (tertiary/aromatic N) is 2. The van der Waals surface area contributed by atoms with Gasteiger partial charge in [-0.3, -0.25) is 9.80 Å². The molecule has 3 rings (SSSR count). The van der Waals surface area contributed by atoms with E-state index in [1.807, 2.05) is 18.2 Å². The second-order valence-corrected chi connectivity index (χ2v) is 8.26. The van der Waals surface area contributed by atoms with E-state index in [1.54, 1.807) is 6.92 Å². The summed E-state index contributed by atoms with van der Waals surface area (Å²) in [7, 11) is 0. The lowest BCUT2D eigenvalue weighted by molar-refractivity contribution is -0.151. The third-order valence-electron chi connectivity index (χ3n) is 5.33. The summed E-state index contributed by atoms with van der Waals surface area (Å²) in [6.45, 7) is 6.50. The van der Waals surface area contributed by atoms with Gasteiger partial charge in [0.2, 0.25) is 0 Å². The fraction of sp³-hybridized carbons (Fsp3) is 0.458. The molecule has 1 saturated heterocycles. The van der Waals surface area contributed by atoms with Gasteiger partial charge in [0.15, 0.2) is 0 Å². The smallest absolute Gasteiger partial charge is 0.332 e. The number of benzene rings is 2. The van der Waals surface area contributed by atoms with Crippen molar-refractivity contribution in [2.45, 2.75) is 19.1 Å². The van der Waals surface area contributed by atoms with E-state index in [0.717, 1.165) is 37.7 Å². The van der Waals surface area contributed by atoms with Gasteiger partial charge in [0.1, 0.15) is 13.2 Å². The van der Waals surface area contributed by atoms with Crippen LogP contribution in [0, 0.1) is 0 Å². The zero-order valence-corrected chi connectivity index (χ0v) is 18.7. The van der Waals surface area contributed by atoms with Gasteiger partial charge < -0.3 is 14.6 Å². The molecule has 1 unspecified atom stereocenters. The van der Waals surface area contributed by atoms with Gasteiger partial charge in [0, 0.05) is 37.7 Å². The fourth-order valence-corrected chi connectivity index (χ4v) is 3.87. The van der Waals surface area contributed by atoms with Crippen molar-refractivity contribution in [3.8, 4) is 0 Å². The molecule has 0 aliphatic carbocycles. The van der Waals surface area contributed by atoms with E-state index in [1.165, 1.54) is 11.1 Å². The Kier molecular flexibility index (Phi) is 9.31. The van der Waals surface area contributed by atoms with Crippen molar-refractivity contribution >= 4 is 17.6 Å². The molecule has 1 fully saturated rings. The summed E-state index contributed by atoms with van der Waals surface area (Å²) < 4.78 is 10.3. The highest BCUT2D eigenvalue weighted by molar-refractivity contribution is 6.30. The number of aliphatic hydroxyl groups is 1. The first-order valence-corrected chi connectivity index (χ1v) is 11.1. The molecule has 2 atom stereocenters. The van der Waals surface area contributed by atoms with Crippen molar-refractivity contribution in [2.75, 3.05) is 52.5 Å². The summed E-state index contributed by atoms with van der Waals surface area (Å²) in [5.41, 5.74) is 2.51. The van der Waals surface area contributed by atoms with Gasteiger partial charge in [-0.05, 0) is 30.2 Å². The number of hydrogen-bond acceptors (Lipinski definition) is 6. The van der Waals surface area contributed by atoms with Crippen LogP contribution in [0.15, 0.2) is 54.6 Å². The first-order valence-electron chi connectivity index (χ1n) is 10.7. The summed E-state index contributed by atoms with van der Waals surface area (Å²) in [5, 5.41) is 9.87. The topological polar surface area (TPSA) is 62.2 Å². The Balaban J connectivity index is 1.48. The second-order valence-electron chi connectivity index (χ2n) is 7.83. The van der Waals surface area contributed by atoms with Crippen molar-refractivity contribution in [3.63, 3.8) is 0 Å². The minimum Gasteiger partial charge on any atom is -0.461 e. The molecule has 0 spiro atoms. The van der Waals surface area contributed by atoms with E-state index < -0.39 is 12.1 Å². The molecule has 2 aromatic rings. The van der Waals surface area contributed by atoms with Crippen molar-refractivity contribution in [1.29, 1.82) is 0 Å². The van der Waals surface area contributed by atoms with Crippen molar-refractivity contribution in [2.24, 2.45) is 0 Å². The van der Waals surface area contributed by atoms with Crippen LogP contribution in [0.1, 0.15) is 24.1 Å². The number of piperazine rings is 1. The molecule has 168 valence electrons. The maximum atomic E-state index is 11.5. The zero-order chi connectivity index (χ0) is 22.1. The summed E-state index contributed by atoms with van der Waals surface area (Å²) in [4.78, 5) is 16.4. The molecule has 7 heteroatoms. The molecule has 0 bridgehead atoms. The minimum absolute atomic E-state index is 0.000351. The van der Waals surface area contributed by atoms with Gasteiger partial charge in [-0.2, -0.15) is 0 Å². The van der Waals surface area contributed by atoms with Crippen LogP contribution in [-0.2, 0) is 14.3 Å². The van der Waals surface area contributed by atoms with Crippen LogP contribution in [0.3, 0.4) is 0 Å². The molecule has 0 saturated carbocycles. The van der Waals surface area contributed by atoms with E-state index >= 15 is 0 Å². The molecule has 2 aromatic carbocycles. The van der Waals surface area contributed by atoms with Crippen LogP contribution in [0.25, 0.3) is 0 Å².